The zero-order valence-corrected chi connectivity index (χ0v) is 19.3. The molecule has 162 valence electrons. The molecule has 4 aromatic rings. The fourth-order valence-corrected chi connectivity index (χ4v) is 3.56. The van der Waals surface area contributed by atoms with E-state index in [2.05, 4.69) is 31.5 Å². The summed E-state index contributed by atoms with van der Waals surface area (Å²) in [5.74, 6) is 0.930. The number of anilines is 1. The van der Waals surface area contributed by atoms with E-state index in [1.807, 2.05) is 6.92 Å². The van der Waals surface area contributed by atoms with Crippen molar-refractivity contribution in [2.45, 2.75) is 6.92 Å². The number of benzene rings is 3. The lowest BCUT2D eigenvalue weighted by atomic mass is 10.2. The number of fused-ring (bicyclic) bond motifs is 1. The molecule has 0 radical (unpaired) electrons. The largest absolute Gasteiger partial charge is 0.507 e. The van der Waals surface area contributed by atoms with Crippen molar-refractivity contribution in [3.05, 3.63) is 70.7 Å². The van der Waals surface area contributed by atoms with Gasteiger partial charge in [-0.2, -0.15) is 0 Å². The first-order valence-electron chi connectivity index (χ1n) is 9.67. The van der Waals surface area contributed by atoms with Crippen molar-refractivity contribution in [1.29, 1.82) is 0 Å². The normalized spacial score (nSPS) is 10.7. The molecule has 0 unspecified atom stereocenters. The third kappa shape index (κ3) is 4.90. The average molecular weight is 512 g/mol. The van der Waals surface area contributed by atoms with Crippen molar-refractivity contribution in [2.24, 2.45) is 0 Å². The lowest BCUT2D eigenvalue weighted by Crippen LogP contribution is -2.34. The molecule has 0 fully saturated rings. The first kappa shape index (κ1) is 21.8. The lowest BCUT2D eigenvalue weighted by molar-refractivity contribution is 0.0977. The topological polar surface area (TPSA) is 96.6 Å². The van der Waals surface area contributed by atoms with E-state index >= 15 is 0 Å². The Morgan fingerprint density at radius 3 is 2.66 bits per heavy atom. The second-order valence-electron chi connectivity index (χ2n) is 6.73. The molecule has 0 spiro atoms. The van der Waals surface area contributed by atoms with E-state index < -0.39 is 0 Å². The van der Waals surface area contributed by atoms with Gasteiger partial charge < -0.3 is 19.6 Å². The molecule has 0 saturated carbocycles. The summed E-state index contributed by atoms with van der Waals surface area (Å²) < 4.78 is 11.7. The van der Waals surface area contributed by atoms with Gasteiger partial charge in [0.25, 0.3) is 5.91 Å². The van der Waals surface area contributed by atoms with Gasteiger partial charge >= 0.3 is 0 Å². The monoisotopic (exact) mass is 511 g/mol. The first-order chi connectivity index (χ1) is 15.4. The van der Waals surface area contributed by atoms with Gasteiger partial charge in [-0.3, -0.25) is 10.1 Å². The van der Waals surface area contributed by atoms with Crippen LogP contribution in [0.15, 0.2) is 69.6 Å². The number of aromatic hydroxyl groups is 1. The van der Waals surface area contributed by atoms with E-state index in [4.69, 9.17) is 21.4 Å². The third-order valence-corrected chi connectivity index (χ3v) is 5.33. The van der Waals surface area contributed by atoms with Crippen LogP contribution in [-0.2, 0) is 0 Å². The molecule has 3 aromatic carbocycles. The molecular weight excluding hydrogens is 494 g/mol. The molecule has 4 rings (SSSR count). The molecule has 3 N–H and O–H groups in total. The number of aromatic nitrogens is 1. The molecule has 7 nitrogen and oxygen atoms in total. The molecular formula is C23H18BrN3O4S. The van der Waals surface area contributed by atoms with Crippen molar-refractivity contribution in [3.8, 4) is 23.0 Å². The van der Waals surface area contributed by atoms with Crippen LogP contribution in [0, 0.1) is 0 Å². The SMILES string of the molecule is CCOc1ccc(C(=O)NC(=S)Nc2ccc3oc(-c4ccc(O)c(Br)c4)nc3c2)cc1. The number of nitrogens with zero attached hydrogens (tertiary/aromatic N) is 1. The molecule has 1 heterocycles. The third-order valence-electron chi connectivity index (χ3n) is 4.49. The van der Waals surface area contributed by atoms with Crippen molar-refractivity contribution < 1.29 is 19.1 Å². The highest BCUT2D eigenvalue weighted by atomic mass is 79.9. The van der Waals surface area contributed by atoms with Crippen molar-refractivity contribution in [1.82, 2.24) is 10.3 Å². The summed E-state index contributed by atoms with van der Waals surface area (Å²) in [4.78, 5) is 16.9. The van der Waals surface area contributed by atoms with Crippen LogP contribution >= 0.6 is 28.1 Å². The van der Waals surface area contributed by atoms with Gasteiger partial charge in [0.15, 0.2) is 10.7 Å². The van der Waals surface area contributed by atoms with Crippen molar-refractivity contribution >= 4 is 56.0 Å². The maximum atomic E-state index is 12.4. The van der Waals surface area contributed by atoms with Crippen LogP contribution in [0.5, 0.6) is 11.5 Å². The fourth-order valence-electron chi connectivity index (χ4n) is 2.98. The Kier molecular flexibility index (Phi) is 6.38. The molecule has 0 saturated heterocycles. The Morgan fingerprint density at radius 1 is 1.16 bits per heavy atom. The van der Waals surface area contributed by atoms with E-state index in [0.29, 0.717) is 45.1 Å². The number of ether oxygens (including phenoxy) is 1. The number of halogens is 1. The van der Waals surface area contributed by atoms with E-state index in [9.17, 15) is 9.90 Å². The highest BCUT2D eigenvalue weighted by Gasteiger charge is 2.12. The van der Waals surface area contributed by atoms with Gasteiger partial charge in [0.2, 0.25) is 5.89 Å². The molecule has 0 aliphatic carbocycles. The smallest absolute Gasteiger partial charge is 0.257 e. The Labute approximate surface area is 197 Å². The summed E-state index contributed by atoms with van der Waals surface area (Å²) >= 11 is 8.56. The fraction of sp³-hybridized carbons (Fsp3) is 0.0870. The second kappa shape index (κ2) is 9.37. The van der Waals surface area contributed by atoms with Crippen LogP contribution in [-0.4, -0.2) is 27.7 Å². The minimum atomic E-state index is -0.326. The summed E-state index contributed by atoms with van der Waals surface area (Å²) in [5, 5.41) is 15.5. The standard InChI is InChI=1S/C23H18BrN3O4S/c1-2-30-16-7-3-13(4-8-16)21(29)27-23(32)25-15-6-10-20-18(12-15)26-22(31-20)14-5-9-19(28)17(24)11-14/h3-12,28H,2H2,1H3,(H2,25,27,29,32). The van der Waals surface area contributed by atoms with Gasteiger partial charge in [-0.05, 0) is 95.7 Å². The number of oxazole rings is 1. The van der Waals surface area contributed by atoms with Crippen LogP contribution in [0.4, 0.5) is 5.69 Å². The number of nitrogens with one attached hydrogen (secondary N) is 2. The minimum absolute atomic E-state index is 0.136. The zero-order valence-electron chi connectivity index (χ0n) is 16.9. The van der Waals surface area contributed by atoms with Gasteiger partial charge in [0, 0.05) is 16.8 Å². The summed E-state index contributed by atoms with van der Waals surface area (Å²) in [7, 11) is 0. The predicted molar refractivity (Wildman–Crippen MR) is 130 cm³/mol. The minimum Gasteiger partial charge on any atom is -0.507 e. The number of phenols is 1. The molecule has 0 aliphatic heterocycles. The van der Waals surface area contributed by atoms with E-state index in [-0.39, 0.29) is 16.8 Å². The maximum Gasteiger partial charge on any atom is 0.257 e. The van der Waals surface area contributed by atoms with Gasteiger partial charge in [0.1, 0.15) is 17.0 Å². The maximum absolute atomic E-state index is 12.4. The lowest BCUT2D eigenvalue weighted by Gasteiger charge is -2.10. The molecule has 1 aromatic heterocycles. The molecule has 32 heavy (non-hydrogen) atoms. The van der Waals surface area contributed by atoms with Crippen LogP contribution in [0.25, 0.3) is 22.6 Å². The number of carbonyl (C=O) groups is 1. The van der Waals surface area contributed by atoms with E-state index in [1.54, 1.807) is 60.7 Å². The highest BCUT2D eigenvalue weighted by Crippen LogP contribution is 2.31. The molecule has 0 atom stereocenters. The van der Waals surface area contributed by atoms with Crippen molar-refractivity contribution in [2.75, 3.05) is 11.9 Å². The summed E-state index contributed by atoms with van der Waals surface area (Å²) in [6.07, 6.45) is 0. The summed E-state index contributed by atoms with van der Waals surface area (Å²) in [6, 6.07) is 17.1. The van der Waals surface area contributed by atoms with E-state index in [0.717, 1.165) is 5.56 Å². The van der Waals surface area contributed by atoms with Gasteiger partial charge in [-0.25, -0.2) is 4.98 Å². The molecule has 0 bridgehead atoms. The Hall–Kier alpha value is -3.43. The van der Waals surface area contributed by atoms with Gasteiger partial charge in [0.05, 0.1) is 11.1 Å². The molecule has 0 aliphatic rings. The predicted octanol–water partition coefficient (Wildman–Crippen LogP) is 5.49. The number of phenolic OH excluding ortho intramolecular Hbond substituents is 1. The zero-order chi connectivity index (χ0) is 22.7. The van der Waals surface area contributed by atoms with Crippen molar-refractivity contribution in [3.63, 3.8) is 0 Å². The Bertz CT molecular complexity index is 1300. The van der Waals surface area contributed by atoms with Gasteiger partial charge in [-0.15, -0.1) is 0 Å². The number of hydrogen-bond donors (Lipinski definition) is 3. The second-order valence-corrected chi connectivity index (χ2v) is 8.00. The number of hydrogen-bond acceptors (Lipinski definition) is 6. The Morgan fingerprint density at radius 2 is 1.94 bits per heavy atom. The average Bonchev–Trinajstić information content (AvgIpc) is 3.19. The number of amides is 1. The number of thiocarbonyl (C=S) groups is 1. The van der Waals surface area contributed by atoms with Crippen LogP contribution in [0.1, 0.15) is 17.3 Å². The number of carbonyl (C=O) groups excluding carboxylic acids is 1. The number of rotatable bonds is 5. The van der Waals surface area contributed by atoms with Crippen LogP contribution in [0.3, 0.4) is 0 Å². The highest BCUT2D eigenvalue weighted by molar-refractivity contribution is 9.10. The summed E-state index contributed by atoms with van der Waals surface area (Å²) in [6.45, 7) is 2.46. The van der Waals surface area contributed by atoms with Crippen LogP contribution < -0.4 is 15.4 Å². The first-order valence-corrected chi connectivity index (χ1v) is 10.9. The summed E-state index contributed by atoms with van der Waals surface area (Å²) in [5.41, 5.74) is 3.06. The quantitative estimate of drug-likeness (QED) is 0.305. The Balaban J connectivity index is 1.44. The van der Waals surface area contributed by atoms with Gasteiger partial charge in [-0.1, -0.05) is 0 Å². The van der Waals surface area contributed by atoms with Crippen LogP contribution in [0.2, 0.25) is 0 Å². The molecule has 1 amide bonds. The van der Waals surface area contributed by atoms with E-state index in [1.165, 1.54) is 0 Å². The molecule has 9 heteroatoms.